The lowest BCUT2D eigenvalue weighted by Crippen LogP contribution is -2.03. The van der Waals surface area contributed by atoms with Crippen molar-refractivity contribution < 1.29 is 18.1 Å². The first-order valence-electron chi connectivity index (χ1n) is 4.72. The van der Waals surface area contributed by atoms with Gasteiger partial charge in [0.1, 0.15) is 0 Å². The highest BCUT2D eigenvalue weighted by molar-refractivity contribution is 7.48. The summed E-state index contributed by atoms with van der Waals surface area (Å²) in [6.07, 6.45) is 0. The van der Waals surface area contributed by atoms with Crippen molar-refractivity contribution in [3.63, 3.8) is 0 Å². The molecule has 0 aromatic carbocycles. The second-order valence-corrected chi connectivity index (χ2v) is 5.00. The highest BCUT2D eigenvalue weighted by Gasteiger charge is 2.25. The van der Waals surface area contributed by atoms with Crippen LogP contribution in [0, 0.1) is 0 Å². The highest BCUT2D eigenvalue weighted by atomic mass is 31.2. The molecule has 0 aliphatic heterocycles. The van der Waals surface area contributed by atoms with Crippen LogP contribution < -0.4 is 0 Å². The van der Waals surface area contributed by atoms with Crippen molar-refractivity contribution in [1.82, 2.24) is 0 Å². The Kier molecular flexibility index (Phi) is 6.77. The summed E-state index contributed by atoms with van der Waals surface area (Å²) in [5.74, 6) is 0. The molecule has 0 radical (unpaired) electrons. The van der Waals surface area contributed by atoms with E-state index in [1.54, 1.807) is 20.8 Å². The fourth-order valence-corrected chi connectivity index (χ4v) is 1.95. The van der Waals surface area contributed by atoms with Crippen LogP contribution in [0.15, 0.2) is 24.3 Å². The monoisotopic (exact) mass is 234 g/mol. The minimum absolute atomic E-state index is 0.160. The van der Waals surface area contributed by atoms with Crippen molar-refractivity contribution >= 4 is 7.82 Å². The predicted octanol–water partition coefficient (Wildman–Crippen LogP) is 3.32. The van der Waals surface area contributed by atoms with Gasteiger partial charge in [-0.25, -0.2) is 4.57 Å². The molecule has 0 aromatic rings. The van der Waals surface area contributed by atoms with Crippen LogP contribution >= 0.6 is 7.82 Å². The van der Waals surface area contributed by atoms with Crippen LogP contribution in [0.3, 0.4) is 0 Å². The van der Waals surface area contributed by atoms with E-state index in [-0.39, 0.29) is 19.8 Å². The van der Waals surface area contributed by atoms with Gasteiger partial charge in [0, 0.05) is 0 Å². The second-order valence-electron chi connectivity index (χ2n) is 3.33. The molecule has 0 spiro atoms. The van der Waals surface area contributed by atoms with Gasteiger partial charge in [-0.15, -0.1) is 0 Å². The summed E-state index contributed by atoms with van der Waals surface area (Å²) in [5, 5.41) is 0. The summed E-state index contributed by atoms with van der Waals surface area (Å²) in [6.45, 7) is 13.1. The first-order valence-corrected chi connectivity index (χ1v) is 6.18. The fourth-order valence-electron chi connectivity index (χ4n) is 0.648. The van der Waals surface area contributed by atoms with E-state index in [1.165, 1.54) is 0 Å². The third-order valence-electron chi connectivity index (χ3n) is 1.23. The maximum Gasteiger partial charge on any atom is 0.475 e. The Hall–Kier alpha value is -0.410. The number of rotatable bonds is 8. The van der Waals surface area contributed by atoms with Gasteiger partial charge >= 0.3 is 7.82 Å². The predicted molar refractivity (Wildman–Crippen MR) is 60.8 cm³/mol. The van der Waals surface area contributed by atoms with Gasteiger partial charge < -0.3 is 0 Å². The standard InChI is InChI=1S/C10H19O4P/c1-6-12-15(11,13-7-9(2)3)14-8-10(4)5/h2,4,6-8H2,1,3,5H3. The Morgan fingerprint density at radius 2 is 1.47 bits per heavy atom. The van der Waals surface area contributed by atoms with E-state index >= 15 is 0 Å². The molecule has 0 bridgehead atoms. The molecule has 88 valence electrons. The Morgan fingerprint density at radius 1 is 1.07 bits per heavy atom. The lowest BCUT2D eigenvalue weighted by Gasteiger charge is -2.17. The first kappa shape index (κ1) is 14.6. The Bertz CT molecular complexity index is 251. The average molecular weight is 234 g/mol. The van der Waals surface area contributed by atoms with Gasteiger partial charge in [0.15, 0.2) is 0 Å². The van der Waals surface area contributed by atoms with Gasteiger partial charge in [0.2, 0.25) is 0 Å². The molecular weight excluding hydrogens is 215 g/mol. The van der Waals surface area contributed by atoms with E-state index in [0.717, 1.165) is 11.1 Å². The zero-order valence-corrected chi connectivity index (χ0v) is 10.5. The van der Waals surface area contributed by atoms with Crippen molar-refractivity contribution in [3.8, 4) is 0 Å². The van der Waals surface area contributed by atoms with E-state index < -0.39 is 7.82 Å². The summed E-state index contributed by atoms with van der Waals surface area (Å²) < 4.78 is 26.9. The molecule has 0 fully saturated rings. The Balaban J connectivity index is 4.24. The van der Waals surface area contributed by atoms with Crippen LogP contribution in [0.4, 0.5) is 0 Å². The normalized spacial score (nSPS) is 11.4. The number of hydrogen-bond acceptors (Lipinski definition) is 4. The maximum atomic E-state index is 11.9. The van der Waals surface area contributed by atoms with Crippen LogP contribution in [0.5, 0.6) is 0 Å². The number of phosphoric acid groups is 1. The first-order chi connectivity index (χ1) is 6.89. The average Bonchev–Trinajstić information content (AvgIpc) is 2.13. The van der Waals surface area contributed by atoms with E-state index in [0.29, 0.717) is 0 Å². The lowest BCUT2D eigenvalue weighted by molar-refractivity contribution is 0.132. The highest BCUT2D eigenvalue weighted by Crippen LogP contribution is 2.49. The number of phosphoric ester groups is 1. The minimum Gasteiger partial charge on any atom is -0.287 e. The van der Waals surface area contributed by atoms with Crippen molar-refractivity contribution in [2.24, 2.45) is 0 Å². The van der Waals surface area contributed by atoms with E-state index in [9.17, 15) is 4.57 Å². The summed E-state index contributed by atoms with van der Waals surface area (Å²) >= 11 is 0. The van der Waals surface area contributed by atoms with Crippen molar-refractivity contribution in [1.29, 1.82) is 0 Å². The van der Waals surface area contributed by atoms with Gasteiger partial charge in [0.05, 0.1) is 19.8 Å². The van der Waals surface area contributed by atoms with Crippen molar-refractivity contribution in [2.75, 3.05) is 19.8 Å². The fraction of sp³-hybridized carbons (Fsp3) is 0.600. The SMILES string of the molecule is C=C(C)COP(=O)(OCC)OCC(=C)C. The van der Waals surface area contributed by atoms with Crippen LogP contribution in [-0.4, -0.2) is 19.8 Å². The molecule has 0 atom stereocenters. The summed E-state index contributed by atoms with van der Waals surface area (Å²) in [7, 11) is -3.45. The summed E-state index contributed by atoms with van der Waals surface area (Å²) in [5.41, 5.74) is 1.52. The van der Waals surface area contributed by atoms with Gasteiger partial charge in [0.25, 0.3) is 0 Å². The Labute approximate surface area is 91.5 Å². The molecule has 0 rings (SSSR count). The van der Waals surface area contributed by atoms with Crippen LogP contribution in [0.2, 0.25) is 0 Å². The van der Waals surface area contributed by atoms with Gasteiger partial charge in [-0.1, -0.05) is 24.3 Å². The van der Waals surface area contributed by atoms with Crippen molar-refractivity contribution in [2.45, 2.75) is 20.8 Å². The molecule has 15 heavy (non-hydrogen) atoms. The van der Waals surface area contributed by atoms with E-state index in [2.05, 4.69) is 13.2 Å². The summed E-state index contributed by atoms with van der Waals surface area (Å²) in [6, 6.07) is 0. The molecule has 0 aliphatic rings. The largest absolute Gasteiger partial charge is 0.475 e. The third kappa shape index (κ3) is 7.51. The van der Waals surface area contributed by atoms with Gasteiger partial charge in [-0.3, -0.25) is 13.6 Å². The molecule has 4 nitrogen and oxygen atoms in total. The molecule has 0 saturated carbocycles. The zero-order valence-electron chi connectivity index (χ0n) is 9.62. The molecule has 0 N–H and O–H groups in total. The minimum atomic E-state index is -3.45. The Morgan fingerprint density at radius 3 is 1.73 bits per heavy atom. The molecule has 0 aliphatic carbocycles. The zero-order chi connectivity index (χ0) is 11.9. The number of hydrogen-bond donors (Lipinski definition) is 0. The van der Waals surface area contributed by atoms with Crippen LogP contribution in [-0.2, 0) is 18.1 Å². The van der Waals surface area contributed by atoms with Crippen molar-refractivity contribution in [3.05, 3.63) is 24.3 Å². The van der Waals surface area contributed by atoms with E-state index in [4.69, 9.17) is 13.6 Å². The van der Waals surface area contributed by atoms with Gasteiger partial charge in [-0.2, -0.15) is 0 Å². The van der Waals surface area contributed by atoms with Gasteiger partial charge in [-0.05, 0) is 20.8 Å². The summed E-state index contributed by atoms with van der Waals surface area (Å²) in [4.78, 5) is 0. The van der Waals surface area contributed by atoms with Crippen LogP contribution in [0.1, 0.15) is 20.8 Å². The topological polar surface area (TPSA) is 44.8 Å². The molecule has 0 saturated heterocycles. The second kappa shape index (κ2) is 6.96. The molecule has 0 heterocycles. The molecule has 0 aromatic heterocycles. The molecule has 5 heteroatoms. The third-order valence-corrected chi connectivity index (χ3v) is 2.69. The molecular formula is C10H19O4P. The van der Waals surface area contributed by atoms with E-state index in [1.807, 2.05) is 0 Å². The quantitative estimate of drug-likeness (QED) is 0.477. The molecule has 0 amide bonds. The van der Waals surface area contributed by atoms with Crippen LogP contribution in [0.25, 0.3) is 0 Å². The smallest absolute Gasteiger partial charge is 0.287 e. The molecule has 0 unspecified atom stereocenters. The lowest BCUT2D eigenvalue weighted by atomic mass is 10.4. The maximum absolute atomic E-state index is 11.9.